The van der Waals surface area contributed by atoms with Crippen molar-refractivity contribution < 1.29 is 25.2 Å². The molecular weight excluding hydrogens is 224 g/mol. The van der Waals surface area contributed by atoms with Crippen molar-refractivity contribution in [3.05, 3.63) is 48.6 Å². The minimum atomic E-state index is -2.15. The fourth-order valence-electron chi connectivity index (χ4n) is 1.65. The Morgan fingerprint density at radius 3 is 1.47 bits per heavy atom. The molecule has 0 heterocycles. The summed E-state index contributed by atoms with van der Waals surface area (Å²) < 4.78 is 5.29. The highest BCUT2D eigenvalue weighted by Gasteiger charge is 2.40. The van der Waals surface area contributed by atoms with Gasteiger partial charge in [-0.05, 0) is 12.2 Å². The van der Waals surface area contributed by atoms with Crippen LogP contribution >= 0.6 is 0 Å². The van der Waals surface area contributed by atoms with Crippen LogP contribution in [-0.2, 0) is 4.74 Å². The van der Waals surface area contributed by atoms with Crippen molar-refractivity contribution in [1.82, 2.24) is 0 Å². The van der Waals surface area contributed by atoms with Crippen LogP contribution in [0.2, 0.25) is 0 Å². The van der Waals surface area contributed by atoms with Crippen molar-refractivity contribution in [2.24, 2.45) is 0 Å². The first-order valence-electron chi connectivity index (χ1n) is 5.19. The Hall–Kier alpha value is -1.24. The molecule has 4 N–H and O–H groups in total. The monoisotopic (exact) mass is 238 g/mol. The summed E-state index contributed by atoms with van der Waals surface area (Å²) in [5, 5.41) is 38.5. The molecule has 0 aliphatic heterocycles. The lowest BCUT2D eigenvalue weighted by Gasteiger charge is -2.35. The van der Waals surface area contributed by atoms with Crippen LogP contribution in [-0.4, -0.2) is 44.2 Å². The average Bonchev–Trinajstić information content (AvgIpc) is 2.23. The number of hydrogen-bond donors (Lipinski definition) is 4. The molecule has 0 saturated heterocycles. The van der Waals surface area contributed by atoms with Gasteiger partial charge in [-0.2, -0.15) is 0 Å². The summed E-state index contributed by atoms with van der Waals surface area (Å²) in [5.74, 6) is -4.31. The lowest BCUT2D eigenvalue weighted by molar-refractivity contribution is -0.247. The van der Waals surface area contributed by atoms with E-state index in [0.717, 1.165) is 12.2 Å². The Bertz CT molecular complexity index is 365. The van der Waals surface area contributed by atoms with Gasteiger partial charge in [-0.1, -0.05) is 36.5 Å². The predicted octanol–water partition coefficient (Wildman–Crippen LogP) is -0.646. The third-order valence-electron chi connectivity index (χ3n) is 2.61. The third-order valence-corrected chi connectivity index (χ3v) is 2.61. The summed E-state index contributed by atoms with van der Waals surface area (Å²) in [5.41, 5.74) is 0. The highest BCUT2D eigenvalue weighted by molar-refractivity contribution is 5.23. The molecule has 0 radical (unpaired) electrons. The van der Waals surface area contributed by atoms with E-state index in [1.54, 1.807) is 12.2 Å². The molecule has 0 fully saturated rings. The maximum absolute atomic E-state index is 9.62. The first-order chi connectivity index (χ1) is 7.92. The maximum Gasteiger partial charge on any atom is 0.214 e. The lowest BCUT2D eigenvalue weighted by Crippen LogP contribution is -2.50. The van der Waals surface area contributed by atoms with Gasteiger partial charge in [0.2, 0.25) is 11.6 Å². The minimum Gasteiger partial charge on any atom is -0.360 e. The largest absolute Gasteiger partial charge is 0.360 e. The SMILES string of the molecule is OC1(O)C=CC=CC1OC1C=CC=CC1(O)O. The molecule has 2 atom stereocenters. The van der Waals surface area contributed by atoms with Gasteiger partial charge in [0.15, 0.2) is 0 Å². The molecule has 2 aliphatic carbocycles. The van der Waals surface area contributed by atoms with Gasteiger partial charge < -0.3 is 25.2 Å². The fourth-order valence-corrected chi connectivity index (χ4v) is 1.65. The molecule has 5 heteroatoms. The smallest absolute Gasteiger partial charge is 0.214 e. The summed E-state index contributed by atoms with van der Waals surface area (Å²) in [6, 6.07) is 0. The normalized spacial score (nSPS) is 32.9. The molecular formula is C12H14O5. The number of hydrogen-bond acceptors (Lipinski definition) is 5. The van der Waals surface area contributed by atoms with Crippen molar-refractivity contribution in [3.8, 4) is 0 Å². The van der Waals surface area contributed by atoms with Crippen molar-refractivity contribution in [2.75, 3.05) is 0 Å². The number of rotatable bonds is 2. The summed E-state index contributed by atoms with van der Waals surface area (Å²) in [6.07, 6.45) is 9.20. The van der Waals surface area contributed by atoms with Crippen molar-refractivity contribution in [1.29, 1.82) is 0 Å². The van der Waals surface area contributed by atoms with E-state index >= 15 is 0 Å². The van der Waals surface area contributed by atoms with Gasteiger partial charge in [-0.3, -0.25) is 0 Å². The zero-order valence-electron chi connectivity index (χ0n) is 8.97. The Morgan fingerprint density at radius 2 is 1.12 bits per heavy atom. The molecule has 2 unspecified atom stereocenters. The van der Waals surface area contributed by atoms with Crippen LogP contribution in [0.3, 0.4) is 0 Å². The van der Waals surface area contributed by atoms with E-state index in [-0.39, 0.29) is 0 Å². The molecule has 0 aromatic carbocycles. The second kappa shape index (κ2) is 4.21. The van der Waals surface area contributed by atoms with E-state index in [1.165, 1.54) is 24.3 Å². The number of allylic oxidation sites excluding steroid dienone is 4. The van der Waals surface area contributed by atoms with E-state index in [2.05, 4.69) is 0 Å². The third kappa shape index (κ3) is 2.54. The van der Waals surface area contributed by atoms with Gasteiger partial charge in [0.25, 0.3) is 0 Å². The molecule has 0 spiro atoms. The van der Waals surface area contributed by atoms with Gasteiger partial charge in [0, 0.05) is 0 Å². The molecule has 0 aromatic heterocycles. The highest BCUT2D eigenvalue weighted by Crippen LogP contribution is 2.25. The zero-order valence-corrected chi connectivity index (χ0v) is 8.97. The second-order valence-electron chi connectivity index (χ2n) is 4.03. The maximum atomic E-state index is 9.62. The van der Waals surface area contributed by atoms with Crippen molar-refractivity contribution >= 4 is 0 Å². The fraction of sp³-hybridized carbons (Fsp3) is 0.333. The van der Waals surface area contributed by atoms with E-state index in [9.17, 15) is 20.4 Å². The molecule has 0 amide bonds. The van der Waals surface area contributed by atoms with E-state index in [0.29, 0.717) is 0 Å². The standard InChI is InChI=1S/C12H14O5/c13-11(14)7-3-1-5-9(11)17-10-6-2-4-8-12(10,15)16/h1-10,13-16H. The molecule has 0 saturated carbocycles. The molecule has 2 aliphatic rings. The van der Waals surface area contributed by atoms with Crippen LogP contribution in [0.15, 0.2) is 48.6 Å². The van der Waals surface area contributed by atoms with Gasteiger partial charge in [-0.25, -0.2) is 0 Å². The molecule has 5 nitrogen and oxygen atoms in total. The Morgan fingerprint density at radius 1 is 0.706 bits per heavy atom. The van der Waals surface area contributed by atoms with Gasteiger partial charge in [0.1, 0.15) is 12.2 Å². The molecule has 92 valence electrons. The summed E-state index contributed by atoms with van der Waals surface area (Å²) in [4.78, 5) is 0. The van der Waals surface area contributed by atoms with E-state index in [4.69, 9.17) is 4.74 Å². The summed E-state index contributed by atoms with van der Waals surface area (Å²) in [6.45, 7) is 0. The van der Waals surface area contributed by atoms with Crippen LogP contribution in [0.5, 0.6) is 0 Å². The van der Waals surface area contributed by atoms with Crippen LogP contribution < -0.4 is 0 Å². The van der Waals surface area contributed by atoms with Gasteiger partial charge in [0.05, 0.1) is 0 Å². The Balaban J connectivity index is 2.11. The Kier molecular flexibility index (Phi) is 3.03. The quantitative estimate of drug-likeness (QED) is 0.480. The van der Waals surface area contributed by atoms with E-state index in [1.807, 2.05) is 0 Å². The summed E-state index contributed by atoms with van der Waals surface area (Å²) >= 11 is 0. The van der Waals surface area contributed by atoms with Crippen LogP contribution in [0.1, 0.15) is 0 Å². The van der Waals surface area contributed by atoms with Crippen LogP contribution in [0, 0.1) is 0 Å². The minimum absolute atomic E-state index is 1.06. The van der Waals surface area contributed by atoms with Gasteiger partial charge >= 0.3 is 0 Å². The second-order valence-corrected chi connectivity index (χ2v) is 4.03. The van der Waals surface area contributed by atoms with Crippen LogP contribution in [0.4, 0.5) is 0 Å². The highest BCUT2D eigenvalue weighted by atomic mass is 16.6. The lowest BCUT2D eigenvalue weighted by atomic mass is 10.0. The predicted molar refractivity (Wildman–Crippen MR) is 59.6 cm³/mol. The van der Waals surface area contributed by atoms with Gasteiger partial charge in [-0.15, -0.1) is 0 Å². The molecule has 0 aromatic rings. The molecule has 17 heavy (non-hydrogen) atoms. The average molecular weight is 238 g/mol. The first-order valence-corrected chi connectivity index (χ1v) is 5.19. The number of aliphatic hydroxyl groups is 4. The molecule has 0 bridgehead atoms. The zero-order chi connectivity index (χ0) is 12.5. The number of ether oxygens (including phenoxy) is 1. The van der Waals surface area contributed by atoms with Crippen molar-refractivity contribution in [3.63, 3.8) is 0 Å². The summed E-state index contributed by atoms with van der Waals surface area (Å²) in [7, 11) is 0. The van der Waals surface area contributed by atoms with Crippen LogP contribution in [0.25, 0.3) is 0 Å². The van der Waals surface area contributed by atoms with E-state index < -0.39 is 23.8 Å². The molecule has 2 rings (SSSR count). The Labute approximate surface area is 98.3 Å². The topological polar surface area (TPSA) is 90.2 Å². The first kappa shape index (κ1) is 12.2. The van der Waals surface area contributed by atoms with Crippen molar-refractivity contribution in [2.45, 2.75) is 23.8 Å².